The third-order valence-electron chi connectivity index (χ3n) is 3.70. The van der Waals surface area contributed by atoms with E-state index in [4.69, 9.17) is 5.73 Å². The standard InChI is InChI=1S/C13H22N2O2S2/c1-2-11(14)13(12-5-3-8-18-12)15-6-4-9-19(16,17)10-7-15/h3,5,8,11,13H,2,4,6-7,9-10,14H2,1H3. The van der Waals surface area contributed by atoms with Gasteiger partial charge in [-0.05, 0) is 30.8 Å². The molecule has 1 aromatic heterocycles. The summed E-state index contributed by atoms with van der Waals surface area (Å²) < 4.78 is 23.4. The minimum atomic E-state index is -2.87. The van der Waals surface area contributed by atoms with Crippen LogP contribution in [-0.4, -0.2) is 44.0 Å². The zero-order valence-electron chi connectivity index (χ0n) is 11.3. The van der Waals surface area contributed by atoms with E-state index in [2.05, 4.69) is 23.3 Å². The Morgan fingerprint density at radius 2 is 2.21 bits per heavy atom. The van der Waals surface area contributed by atoms with E-state index >= 15 is 0 Å². The molecule has 1 aromatic rings. The summed E-state index contributed by atoms with van der Waals surface area (Å²) in [5, 5.41) is 2.05. The molecule has 0 spiro atoms. The van der Waals surface area contributed by atoms with E-state index in [0.29, 0.717) is 18.7 Å². The summed E-state index contributed by atoms with van der Waals surface area (Å²) in [6.45, 7) is 3.49. The maximum atomic E-state index is 11.7. The summed E-state index contributed by atoms with van der Waals surface area (Å²) in [6, 6.07) is 4.34. The molecule has 0 radical (unpaired) electrons. The first kappa shape index (κ1) is 15.0. The van der Waals surface area contributed by atoms with Gasteiger partial charge in [0, 0.05) is 17.5 Å². The minimum absolute atomic E-state index is 0.0551. The molecule has 2 rings (SSSR count). The van der Waals surface area contributed by atoms with Crippen molar-refractivity contribution in [2.45, 2.75) is 31.8 Å². The van der Waals surface area contributed by atoms with Crippen LogP contribution < -0.4 is 5.73 Å². The molecule has 0 aliphatic carbocycles. The van der Waals surface area contributed by atoms with Crippen molar-refractivity contribution in [3.05, 3.63) is 22.4 Å². The summed E-state index contributed by atoms with van der Waals surface area (Å²) in [5.74, 6) is 0.563. The number of nitrogens with two attached hydrogens (primary N) is 1. The number of hydrogen-bond donors (Lipinski definition) is 1. The van der Waals surface area contributed by atoms with Gasteiger partial charge in [0.15, 0.2) is 9.84 Å². The monoisotopic (exact) mass is 302 g/mol. The van der Waals surface area contributed by atoms with Crippen molar-refractivity contribution in [3.63, 3.8) is 0 Å². The van der Waals surface area contributed by atoms with E-state index in [1.54, 1.807) is 11.3 Å². The van der Waals surface area contributed by atoms with Crippen LogP contribution in [0.4, 0.5) is 0 Å². The highest BCUT2D eigenvalue weighted by atomic mass is 32.2. The third kappa shape index (κ3) is 3.78. The second-order valence-corrected chi connectivity index (χ2v) is 8.36. The van der Waals surface area contributed by atoms with Crippen molar-refractivity contribution >= 4 is 21.2 Å². The van der Waals surface area contributed by atoms with Gasteiger partial charge in [0.2, 0.25) is 0 Å². The van der Waals surface area contributed by atoms with Gasteiger partial charge in [-0.1, -0.05) is 13.0 Å². The summed E-state index contributed by atoms with van der Waals surface area (Å²) in [7, 11) is -2.87. The molecule has 2 N–H and O–H groups in total. The van der Waals surface area contributed by atoms with Crippen LogP contribution in [-0.2, 0) is 9.84 Å². The second-order valence-electron chi connectivity index (χ2n) is 5.07. The Morgan fingerprint density at radius 3 is 2.84 bits per heavy atom. The van der Waals surface area contributed by atoms with Crippen LogP contribution >= 0.6 is 11.3 Å². The predicted octanol–water partition coefficient (Wildman–Crippen LogP) is 1.65. The molecule has 2 atom stereocenters. The van der Waals surface area contributed by atoms with Gasteiger partial charge in [0.25, 0.3) is 0 Å². The Balaban J connectivity index is 2.19. The molecule has 2 unspecified atom stereocenters. The van der Waals surface area contributed by atoms with Crippen LogP contribution in [0.1, 0.15) is 30.7 Å². The van der Waals surface area contributed by atoms with Crippen molar-refractivity contribution in [3.8, 4) is 0 Å². The van der Waals surface area contributed by atoms with Crippen LogP contribution in [0.5, 0.6) is 0 Å². The van der Waals surface area contributed by atoms with Gasteiger partial charge in [0.1, 0.15) is 0 Å². The van der Waals surface area contributed by atoms with Gasteiger partial charge in [-0.15, -0.1) is 11.3 Å². The molecule has 0 saturated carbocycles. The Morgan fingerprint density at radius 1 is 1.42 bits per heavy atom. The molecule has 1 aliphatic heterocycles. The van der Waals surface area contributed by atoms with Crippen LogP contribution in [0.15, 0.2) is 17.5 Å². The van der Waals surface area contributed by atoms with Crippen molar-refractivity contribution in [2.24, 2.45) is 5.73 Å². The largest absolute Gasteiger partial charge is 0.326 e. The van der Waals surface area contributed by atoms with E-state index in [1.807, 2.05) is 6.07 Å². The molecule has 108 valence electrons. The van der Waals surface area contributed by atoms with E-state index in [0.717, 1.165) is 13.0 Å². The van der Waals surface area contributed by atoms with Crippen molar-refractivity contribution in [1.82, 2.24) is 4.90 Å². The molecular formula is C13H22N2O2S2. The van der Waals surface area contributed by atoms with Gasteiger partial charge < -0.3 is 5.73 Å². The van der Waals surface area contributed by atoms with E-state index in [1.165, 1.54) is 4.88 Å². The lowest BCUT2D eigenvalue weighted by atomic mass is 10.0. The van der Waals surface area contributed by atoms with Crippen molar-refractivity contribution in [1.29, 1.82) is 0 Å². The first-order valence-corrected chi connectivity index (χ1v) is 9.47. The number of sulfone groups is 1. The third-order valence-corrected chi connectivity index (χ3v) is 6.35. The molecule has 6 heteroatoms. The van der Waals surface area contributed by atoms with Crippen molar-refractivity contribution in [2.75, 3.05) is 24.6 Å². The Bertz CT molecular complexity index is 485. The molecule has 2 heterocycles. The lowest BCUT2D eigenvalue weighted by Crippen LogP contribution is -2.41. The van der Waals surface area contributed by atoms with Crippen LogP contribution in [0.25, 0.3) is 0 Å². The van der Waals surface area contributed by atoms with Gasteiger partial charge in [-0.3, -0.25) is 4.90 Å². The average Bonchev–Trinajstić information content (AvgIpc) is 2.82. The van der Waals surface area contributed by atoms with E-state index in [-0.39, 0.29) is 17.8 Å². The second kappa shape index (κ2) is 6.35. The molecule has 0 aromatic carbocycles. The number of nitrogens with zero attached hydrogens (tertiary/aromatic N) is 1. The topological polar surface area (TPSA) is 63.4 Å². The quantitative estimate of drug-likeness (QED) is 0.918. The molecule has 19 heavy (non-hydrogen) atoms. The van der Waals surface area contributed by atoms with Crippen molar-refractivity contribution < 1.29 is 8.42 Å². The highest BCUT2D eigenvalue weighted by molar-refractivity contribution is 7.91. The van der Waals surface area contributed by atoms with Gasteiger partial charge in [-0.25, -0.2) is 8.42 Å². The number of hydrogen-bond acceptors (Lipinski definition) is 5. The summed E-state index contributed by atoms with van der Waals surface area (Å²) >= 11 is 1.70. The smallest absolute Gasteiger partial charge is 0.151 e. The van der Waals surface area contributed by atoms with Gasteiger partial charge in [0.05, 0.1) is 17.5 Å². The lowest BCUT2D eigenvalue weighted by molar-refractivity contribution is 0.185. The van der Waals surface area contributed by atoms with Crippen LogP contribution in [0.2, 0.25) is 0 Å². The van der Waals surface area contributed by atoms with E-state index in [9.17, 15) is 8.42 Å². The lowest BCUT2D eigenvalue weighted by Gasteiger charge is -2.33. The molecular weight excluding hydrogens is 280 g/mol. The normalized spacial score (nSPS) is 23.7. The summed E-state index contributed by atoms with van der Waals surface area (Å²) in [5.41, 5.74) is 6.27. The fourth-order valence-electron chi connectivity index (χ4n) is 2.58. The van der Waals surface area contributed by atoms with Gasteiger partial charge >= 0.3 is 0 Å². The molecule has 1 fully saturated rings. The fraction of sp³-hybridized carbons (Fsp3) is 0.692. The highest BCUT2D eigenvalue weighted by Crippen LogP contribution is 2.29. The maximum absolute atomic E-state index is 11.7. The van der Waals surface area contributed by atoms with Crippen LogP contribution in [0.3, 0.4) is 0 Å². The van der Waals surface area contributed by atoms with Gasteiger partial charge in [-0.2, -0.15) is 0 Å². The molecule has 0 amide bonds. The Kier molecular flexibility index (Phi) is 5.00. The minimum Gasteiger partial charge on any atom is -0.326 e. The summed E-state index contributed by atoms with van der Waals surface area (Å²) in [6.07, 6.45) is 1.60. The zero-order valence-corrected chi connectivity index (χ0v) is 12.9. The first-order valence-electron chi connectivity index (χ1n) is 6.77. The van der Waals surface area contributed by atoms with Crippen LogP contribution in [0, 0.1) is 0 Å². The SMILES string of the molecule is CCC(N)C(c1cccs1)N1CCCS(=O)(=O)CC1. The summed E-state index contributed by atoms with van der Waals surface area (Å²) in [4.78, 5) is 3.50. The molecule has 0 bridgehead atoms. The number of thiophene rings is 1. The zero-order chi connectivity index (χ0) is 13.9. The fourth-order valence-corrected chi connectivity index (χ4v) is 4.80. The first-order chi connectivity index (χ1) is 9.03. The highest BCUT2D eigenvalue weighted by Gasteiger charge is 2.29. The van der Waals surface area contributed by atoms with E-state index < -0.39 is 9.84 Å². The Hall–Kier alpha value is -0.430. The molecule has 1 saturated heterocycles. The Labute approximate surface area is 119 Å². The number of rotatable bonds is 4. The molecule has 1 aliphatic rings. The maximum Gasteiger partial charge on any atom is 0.151 e. The average molecular weight is 302 g/mol. The molecule has 4 nitrogen and oxygen atoms in total. The predicted molar refractivity (Wildman–Crippen MR) is 80.2 cm³/mol.